The molecule has 2 aromatic rings. The molecule has 0 spiro atoms. The van der Waals surface area contributed by atoms with Crippen LogP contribution in [0.1, 0.15) is 20.7 Å². The summed E-state index contributed by atoms with van der Waals surface area (Å²) in [5, 5.41) is 12.2. The van der Waals surface area contributed by atoms with Crippen molar-refractivity contribution in [3.05, 3.63) is 62.6 Å². The number of carbonyl (C=O) groups is 2. The summed E-state index contributed by atoms with van der Waals surface area (Å²) in [6.45, 7) is 0. The van der Waals surface area contributed by atoms with Gasteiger partial charge in [-0.25, -0.2) is 4.79 Å². The minimum atomic E-state index is -1.18. The molecule has 0 heterocycles. The van der Waals surface area contributed by atoms with Crippen LogP contribution >= 0.6 is 34.8 Å². The fraction of sp³-hybridized carbons (Fsp3) is 0. The van der Waals surface area contributed by atoms with Gasteiger partial charge >= 0.3 is 5.97 Å². The number of halogens is 3. The van der Waals surface area contributed by atoms with E-state index in [1.165, 1.54) is 36.4 Å². The van der Waals surface area contributed by atoms with E-state index in [1.807, 2.05) is 0 Å². The minimum Gasteiger partial charge on any atom is -0.478 e. The maximum Gasteiger partial charge on any atom is 0.337 e. The zero-order valence-corrected chi connectivity index (χ0v) is 12.6. The molecule has 4 nitrogen and oxygen atoms in total. The Hall–Kier alpha value is -1.75. The highest BCUT2D eigenvalue weighted by molar-refractivity contribution is 6.42. The summed E-state index contributed by atoms with van der Waals surface area (Å²) in [6, 6.07) is 8.62. The van der Waals surface area contributed by atoms with Gasteiger partial charge in [0.1, 0.15) is 0 Å². The van der Waals surface area contributed by atoms with Gasteiger partial charge in [-0.2, -0.15) is 0 Å². The van der Waals surface area contributed by atoms with Gasteiger partial charge in [-0.15, -0.1) is 0 Å². The Balaban J connectivity index is 2.25. The minimum absolute atomic E-state index is 0.0926. The third-order valence-corrected chi connectivity index (χ3v) is 3.71. The van der Waals surface area contributed by atoms with Crippen LogP contribution in [0.5, 0.6) is 0 Å². The lowest BCUT2D eigenvalue weighted by atomic mass is 10.1. The first-order chi connectivity index (χ1) is 9.88. The number of carbonyl (C=O) groups excluding carboxylic acids is 1. The number of carboxylic acid groups (broad SMARTS) is 1. The Labute approximate surface area is 135 Å². The van der Waals surface area contributed by atoms with E-state index >= 15 is 0 Å². The van der Waals surface area contributed by atoms with E-state index in [4.69, 9.17) is 39.9 Å². The lowest BCUT2D eigenvalue weighted by molar-refractivity contribution is 0.0696. The average molecular weight is 345 g/mol. The molecule has 2 N–H and O–H groups in total. The van der Waals surface area contributed by atoms with Gasteiger partial charge in [-0.1, -0.05) is 34.8 Å². The second-order valence-corrected chi connectivity index (χ2v) is 5.30. The summed E-state index contributed by atoms with van der Waals surface area (Å²) < 4.78 is 0. The first kappa shape index (κ1) is 15.6. The van der Waals surface area contributed by atoms with E-state index in [0.717, 1.165) is 0 Å². The van der Waals surface area contributed by atoms with Crippen LogP contribution in [-0.4, -0.2) is 17.0 Å². The Morgan fingerprint density at radius 2 is 1.57 bits per heavy atom. The standard InChI is InChI=1S/C14H8Cl3NO3/c15-10-4-2-8(6-9(10)14(20)21)18-13(19)7-1-3-11(16)12(17)5-7/h1-6H,(H,18,19)(H,20,21). The van der Waals surface area contributed by atoms with Gasteiger partial charge in [0.05, 0.1) is 20.6 Å². The molecule has 0 bridgehead atoms. The first-order valence-corrected chi connectivity index (χ1v) is 6.81. The second kappa shape index (κ2) is 6.35. The number of anilines is 1. The highest BCUT2D eigenvalue weighted by Gasteiger charge is 2.12. The van der Waals surface area contributed by atoms with E-state index < -0.39 is 11.9 Å². The van der Waals surface area contributed by atoms with Gasteiger partial charge in [0.2, 0.25) is 0 Å². The van der Waals surface area contributed by atoms with Crippen LogP contribution in [0.4, 0.5) is 5.69 Å². The van der Waals surface area contributed by atoms with E-state index in [2.05, 4.69) is 5.32 Å². The fourth-order valence-corrected chi connectivity index (χ4v) is 2.10. The molecule has 2 rings (SSSR count). The number of hydrogen-bond acceptors (Lipinski definition) is 2. The molecule has 0 atom stereocenters. The predicted molar refractivity (Wildman–Crippen MR) is 82.8 cm³/mol. The Morgan fingerprint density at radius 1 is 0.905 bits per heavy atom. The maximum absolute atomic E-state index is 12.1. The van der Waals surface area contributed by atoms with E-state index in [9.17, 15) is 9.59 Å². The van der Waals surface area contributed by atoms with Crippen molar-refractivity contribution in [1.82, 2.24) is 0 Å². The summed E-state index contributed by atoms with van der Waals surface area (Å²) in [5.74, 6) is -1.61. The zero-order valence-electron chi connectivity index (χ0n) is 10.4. The van der Waals surface area contributed by atoms with E-state index in [0.29, 0.717) is 16.3 Å². The smallest absolute Gasteiger partial charge is 0.337 e. The molecular weight excluding hydrogens is 337 g/mol. The SMILES string of the molecule is O=C(Nc1ccc(Cl)c(C(=O)O)c1)c1ccc(Cl)c(Cl)c1. The predicted octanol–water partition coefficient (Wildman–Crippen LogP) is 4.60. The van der Waals surface area contributed by atoms with Gasteiger partial charge < -0.3 is 10.4 Å². The molecular formula is C14H8Cl3NO3. The van der Waals surface area contributed by atoms with Crippen molar-refractivity contribution >= 4 is 52.4 Å². The summed E-state index contributed by atoms with van der Waals surface area (Å²) in [7, 11) is 0. The second-order valence-electron chi connectivity index (χ2n) is 4.08. The molecule has 0 aliphatic rings. The topological polar surface area (TPSA) is 66.4 Å². The summed E-state index contributed by atoms with van der Waals surface area (Å²) in [4.78, 5) is 23.0. The van der Waals surface area contributed by atoms with Crippen LogP contribution in [0, 0.1) is 0 Å². The van der Waals surface area contributed by atoms with Crippen molar-refractivity contribution in [3.63, 3.8) is 0 Å². The molecule has 2 aromatic carbocycles. The number of rotatable bonds is 3. The molecule has 0 saturated carbocycles. The molecule has 1 amide bonds. The van der Waals surface area contributed by atoms with Crippen LogP contribution in [0.2, 0.25) is 15.1 Å². The number of amides is 1. The molecule has 0 aliphatic heterocycles. The van der Waals surface area contributed by atoms with Gasteiger partial charge in [0.15, 0.2) is 0 Å². The van der Waals surface area contributed by atoms with Crippen molar-refractivity contribution in [2.75, 3.05) is 5.32 Å². The molecule has 7 heteroatoms. The number of benzene rings is 2. The van der Waals surface area contributed by atoms with Crippen LogP contribution in [-0.2, 0) is 0 Å². The highest BCUT2D eigenvalue weighted by atomic mass is 35.5. The molecule has 0 aromatic heterocycles. The van der Waals surface area contributed by atoms with Crippen molar-refractivity contribution in [3.8, 4) is 0 Å². The van der Waals surface area contributed by atoms with Gasteiger partial charge in [0.25, 0.3) is 5.91 Å². The van der Waals surface area contributed by atoms with Gasteiger partial charge in [-0.3, -0.25) is 4.79 Å². The van der Waals surface area contributed by atoms with Crippen LogP contribution in [0.25, 0.3) is 0 Å². The average Bonchev–Trinajstić information content (AvgIpc) is 2.43. The summed E-state index contributed by atoms with van der Waals surface area (Å²) in [5.41, 5.74) is 0.521. The lowest BCUT2D eigenvalue weighted by Gasteiger charge is -2.08. The number of hydrogen-bond donors (Lipinski definition) is 2. The monoisotopic (exact) mass is 343 g/mol. The van der Waals surface area contributed by atoms with E-state index in [1.54, 1.807) is 0 Å². The Kier molecular flexibility index (Phi) is 4.73. The highest BCUT2D eigenvalue weighted by Crippen LogP contribution is 2.24. The number of aromatic carboxylic acids is 1. The van der Waals surface area contributed by atoms with Gasteiger partial charge in [-0.05, 0) is 36.4 Å². The summed E-state index contributed by atoms with van der Waals surface area (Å²) in [6.07, 6.45) is 0. The zero-order chi connectivity index (χ0) is 15.6. The summed E-state index contributed by atoms with van der Waals surface area (Å²) >= 11 is 17.4. The molecule has 108 valence electrons. The van der Waals surface area contributed by atoms with Crippen LogP contribution in [0.15, 0.2) is 36.4 Å². The maximum atomic E-state index is 12.1. The van der Waals surface area contributed by atoms with Crippen LogP contribution in [0.3, 0.4) is 0 Å². The van der Waals surface area contributed by atoms with Crippen molar-refractivity contribution in [2.24, 2.45) is 0 Å². The number of carboxylic acids is 1. The molecule has 0 aliphatic carbocycles. The molecule has 0 saturated heterocycles. The van der Waals surface area contributed by atoms with E-state index in [-0.39, 0.29) is 15.6 Å². The number of nitrogens with one attached hydrogen (secondary N) is 1. The normalized spacial score (nSPS) is 10.2. The Morgan fingerprint density at radius 3 is 2.19 bits per heavy atom. The lowest BCUT2D eigenvalue weighted by Crippen LogP contribution is -2.12. The third-order valence-electron chi connectivity index (χ3n) is 2.64. The Bertz CT molecular complexity index is 731. The molecule has 0 fully saturated rings. The quantitative estimate of drug-likeness (QED) is 0.855. The van der Waals surface area contributed by atoms with Crippen molar-refractivity contribution < 1.29 is 14.7 Å². The third kappa shape index (κ3) is 3.67. The largest absolute Gasteiger partial charge is 0.478 e. The molecule has 0 radical (unpaired) electrons. The van der Waals surface area contributed by atoms with Gasteiger partial charge in [0, 0.05) is 11.3 Å². The first-order valence-electron chi connectivity index (χ1n) is 5.67. The molecule has 0 unspecified atom stereocenters. The van der Waals surface area contributed by atoms with Crippen molar-refractivity contribution in [1.29, 1.82) is 0 Å². The fourth-order valence-electron chi connectivity index (χ4n) is 1.61. The molecule has 21 heavy (non-hydrogen) atoms. The van der Waals surface area contributed by atoms with Crippen LogP contribution < -0.4 is 5.32 Å². The van der Waals surface area contributed by atoms with Crippen molar-refractivity contribution in [2.45, 2.75) is 0 Å².